The molecule has 1 amide bonds. The molecule has 2 rings (SSSR count). The summed E-state index contributed by atoms with van der Waals surface area (Å²) in [6, 6.07) is 6.79. The topological polar surface area (TPSA) is 106 Å². The highest BCUT2D eigenvalue weighted by Gasteiger charge is 2.18. The fraction of sp³-hybridized carbons (Fsp3) is 0.286. The summed E-state index contributed by atoms with van der Waals surface area (Å²) in [4.78, 5) is 22.7. The van der Waals surface area contributed by atoms with Crippen molar-refractivity contribution in [2.24, 2.45) is 0 Å². The molecule has 1 aromatic carbocycles. The molecule has 8 nitrogen and oxygen atoms in total. The fourth-order valence-corrected chi connectivity index (χ4v) is 1.67. The van der Waals surface area contributed by atoms with Crippen molar-refractivity contribution in [3.8, 4) is 5.69 Å². The highest BCUT2D eigenvalue weighted by Crippen LogP contribution is 2.20. The monoisotopic (exact) mass is 304 g/mol. The number of ether oxygens (including phenoxy) is 1. The summed E-state index contributed by atoms with van der Waals surface area (Å²) in [7, 11) is 0. The average molecular weight is 304 g/mol. The number of rotatable bonds is 3. The molecular formula is C14H16N4O4. The predicted octanol–water partition coefficient (Wildman–Crippen LogP) is 2.31. The number of aromatic carboxylic acids is 1. The van der Waals surface area contributed by atoms with E-state index in [1.165, 1.54) is 10.9 Å². The lowest BCUT2D eigenvalue weighted by Crippen LogP contribution is -2.27. The molecule has 1 heterocycles. The Morgan fingerprint density at radius 1 is 1.27 bits per heavy atom. The van der Waals surface area contributed by atoms with E-state index in [1.54, 1.807) is 45.0 Å². The van der Waals surface area contributed by atoms with Crippen LogP contribution in [0.15, 0.2) is 30.5 Å². The number of para-hydroxylation sites is 2. The minimum atomic E-state index is -1.18. The lowest BCUT2D eigenvalue weighted by molar-refractivity contribution is 0.0633. The smallest absolute Gasteiger partial charge is 0.412 e. The summed E-state index contributed by atoms with van der Waals surface area (Å²) in [5.41, 5.74) is 0.0991. The maximum absolute atomic E-state index is 11.9. The maximum atomic E-state index is 11.9. The first kappa shape index (κ1) is 15.5. The van der Waals surface area contributed by atoms with Crippen molar-refractivity contribution in [2.45, 2.75) is 26.4 Å². The van der Waals surface area contributed by atoms with Gasteiger partial charge in [0.1, 0.15) is 5.60 Å². The fourth-order valence-electron chi connectivity index (χ4n) is 1.67. The zero-order chi connectivity index (χ0) is 16.3. The molecule has 0 bridgehead atoms. The second kappa shape index (κ2) is 5.84. The van der Waals surface area contributed by atoms with Gasteiger partial charge in [-0.05, 0) is 32.9 Å². The van der Waals surface area contributed by atoms with Crippen LogP contribution in [0.1, 0.15) is 31.3 Å². The van der Waals surface area contributed by atoms with E-state index in [-0.39, 0.29) is 5.69 Å². The van der Waals surface area contributed by atoms with Gasteiger partial charge < -0.3 is 9.84 Å². The molecule has 0 fully saturated rings. The number of hydrogen-bond donors (Lipinski definition) is 2. The van der Waals surface area contributed by atoms with E-state index < -0.39 is 17.7 Å². The van der Waals surface area contributed by atoms with E-state index >= 15 is 0 Å². The van der Waals surface area contributed by atoms with Crippen molar-refractivity contribution in [2.75, 3.05) is 5.32 Å². The molecule has 0 atom stereocenters. The van der Waals surface area contributed by atoms with E-state index in [2.05, 4.69) is 15.6 Å². The van der Waals surface area contributed by atoms with Gasteiger partial charge in [-0.2, -0.15) is 0 Å². The maximum Gasteiger partial charge on any atom is 0.412 e. The molecule has 1 aromatic heterocycles. The summed E-state index contributed by atoms with van der Waals surface area (Å²) in [6.07, 6.45) is 0.649. The Morgan fingerprint density at radius 3 is 2.55 bits per heavy atom. The number of carbonyl (C=O) groups is 2. The van der Waals surface area contributed by atoms with Crippen molar-refractivity contribution in [1.82, 2.24) is 15.0 Å². The molecule has 0 saturated heterocycles. The Morgan fingerprint density at radius 2 is 1.95 bits per heavy atom. The Hall–Kier alpha value is -2.90. The Balaban J connectivity index is 2.26. The third-order valence-electron chi connectivity index (χ3n) is 2.50. The zero-order valence-corrected chi connectivity index (χ0v) is 12.4. The largest absolute Gasteiger partial charge is 0.476 e. The number of hydrogen-bond acceptors (Lipinski definition) is 5. The minimum absolute atomic E-state index is 0.188. The Kier molecular flexibility index (Phi) is 4.11. The van der Waals surface area contributed by atoms with Gasteiger partial charge in [-0.15, -0.1) is 5.10 Å². The van der Waals surface area contributed by atoms with Crippen molar-refractivity contribution in [3.63, 3.8) is 0 Å². The Bertz CT molecular complexity index is 703. The van der Waals surface area contributed by atoms with Crippen LogP contribution in [0.2, 0.25) is 0 Å². The van der Waals surface area contributed by atoms with Gasteiger partial charge in [-0.25, -0.2) is 14.3 Å². The first-order valence-electron chi connectivity index (χ1n) is 6.51. The van der Waals surface area contributed by atoms with Gasteiger partial charge in [0.2, 0.25) is 0 Å². The third kappa shape index (κ3) is 3.81. The molecule has 8 heteroatoms. The van der Waals surface area contributed by atoms with Crippen LogP contribution in [0.5, 0.6) is 0 Å². The molecule has 22 heavy (non-hydrogen) atoms. The van der Waals surface area contributed by atoms with Crippen LogP contribution >= 0.6 is 0 Å². The van der Waals surface area contributed by atoms with Crippen LogP contribution in [0.4, 0.5) is 10.5 Å². The highest BCUT2D eigenvalue weighted by atomic mass is 16.6. The van der Waals surface area contributed by atoms with E-state index in [0.717, 1.165) is 0 Å². The molecule has 0 aliphatic carbocycles. The number of nitrogens with zero attached hydrogens (tertiary/aromatic N) is 3. The van der Waals surface area contributed by atoms with Crippen molar-refractivity contribution >= 4 is 17.7 Å². The quantitative estimate of drug-likeness (QED) is 0.901. The molecule has 0 spiro atoms. The molecule has 2 aromatic rings. The van der Waals surface area contributed by atoms with Gasteiger partial charge in [-0.1, -0.05) is 17.3 Å². The molecule has 0 saturated carbocycles. The van der Waals surface area contributed by atoms with Gasteiger partial charge in [0, 0.05) is 0 Å². The van der Waals surface area contributed by atoms with Gasteiger partial charge in [-0.3, -0.25) is 5.32 Å². The second-order valence-corrected chi connectivity index (χ2v) is 5.50. The number of carboxylic acid groups (broad SMARTS) is 1. The normalized spacial score (nSPS) is 11.0. The summed E-state index contributed by atoms with van der Waals surface area (Å²) < 4.78 is 6.46. The Labute approximate surface area is 126 Å². The van der Waals surface area contributed by atoms with Crippen LogP contribution in [-0.2, 0) is 4.74 Å². The number of benzene rings is 1. The van der Waals surface area contributed by atoms with Crippen LogP contribution in [0, 0.1) is 0 Å². The van der Waals surface area contributed by atoms with Crippen molar-refractivity contribution in [3.05, 3.63) is 36.2 Å². The molecule has 2 N–H and O–H groups in total. The number of anilines is 1. The van der Waals surface area contributed by atoms with Crippen LogP contribution in [-0.4, -0.2) is 37.8 Å². The molecule has 0 unspecified atom stereocenters. The first-order chi connectivity index (χ1) is 10.3. The van der Waals surface area contributed by atoms with Crippen LogP contribution < -0.4 is 5.32 Å². The summed E-state index contributed by atoms with van der Waals surface area (Å²) in [5.74, 6) is -1.18. The van der Waals surface area contributed by atoms with E-state index in [4.69, 9.17) is 9.84 Å². The second-order valence-electron chi connectivity index (χ2n) is 5.50. The molecule has 0 aliphatic heterocycles. The molecular weight excluding hydrogens is 288 g/mol. The van der Waals surface area contributed by atoms with Crippen molar-refractivity contribution in [1.29, 1.82) is 0 Å². The lowest BCUT2D eigenvalue weighted by atomic mass is 10.2. The highest BCUT2D eigenvalue weighted by molar-refractivity contribution is 5.88. The molecule has 116 valence electrons. The predicted molar refractivity (Wildman–Crippen MR) is 78.2 cm³/mol. The van der Waals surface area contributed by atoms with Crippen LogP contribution in [0.3, 0.4) is 0 Å². The SMILES string of the molecule is CC(C)(C)OC(=O)Nc1ccccc1-n1cc(C(=O)O)nn1. The number of nitrogens with one attached hydrogen (secondary N) is 1. The number of amides is 1. The van der Waals surface area contributed by atoms with Crippen LogP contribution in [0.25, 0.3) is 5.69 Å². The third-order valence-corrected chi connectivity index (χ3v) is 2.50. The minimum Gasteiger partial charge on any atom is -0.476 e. The van der Waals surface area contributed by atoms with Gasteiger partial charge in [0.15, 0.2) is 5.69 Å². The molecule has 0 aliphatic rings. The lowest BCUT2D eigenvalue weighted by Gasteiger charge is -2.20. The first-order valence-corrected chi connectivity index (χ1v) is 6.51. The standard InChI is InChI=1S/C14H16N4O4/c1-14(2,3)22-13(21)15-9-6-4-5-7-11(9)18-8-10(12(19)20)16-17-18/h4-8H,1-3H3,(H,15,21)(H,19,20). The number of carbonyl (C=O) groups excluding carboxylic acids is 1. The van der Waals surface area contributed by atoms with Gasteiger partial charge in [0.05, 0.1) is 17.6 Å². The van der Waals surface area contributed by atoms with Gasteiger partial charge >= 0.3 is 12.1 Å². The van der Waals surface area contributed by atoms with E-state index in [0.29, 0.717) is 11.4 Å². The number of carboxylic acids is 1. The van der Waals surface area contributed by atoms with E-state index in [9.17, 15) is 9.59 Å². The number of aromatic nitrogens is 3. The van der Waals surface area contributed by atoms with Crippen molar-refractivity contribution < 1.29 is 19.4 Å². The average Bonchev–Trinajstić information content (AvgIpc) is 2.86. The van der Waals surface area contributed by atoms with E-state index in [1.807, 2.05) is 0 Å². The summed E-state index contributed by atoms with van der Waals surface area (Å²) >= 11 is 0. The molecule has 0 radical (unpaired) electrons. The summed E-state index contributed by atoms with van der Waals surface area (Å²) in [6.45, 7) is 5.28. The summed E-state index contributed by atoms with van der Waals surface area (Å²) in [5, 5.41) is 18.8. The zero-order valence-electron chi connectivity index (χ0n) is 12.4. The van der Waals surface area contributed by atoms with Gasteiger partial charge in [0.25, 0.3) is 0 Å².